The smallest absolute Gasteiger partial charge is 0.261 e. The van der Waals surface area contributed by atoms with E-state index >= 15 is 0 Å². The Bertz CT molecular complexity index is 1030. The highest BCUT2D eigenvalue weighted by Crippen LogP contribution is 2.35. The molecular weight excluding hydrogens is 420 g/mol. The van der Waals surface area contributed by atoms with E-state index in [0.29, 0.717) is 41.7 Å². The van der Waals surface area contributed by atoms with Crippen molar-refractivity contribution in [2.45, 2.75) is 44.8 Å². The van der Waals surface area contributed by atoms with Crippen LogP contribution in [0.3, 0.4) is 0 Å². The summed E-state index contributed by atoms with van der Waals surface area (Å²) in [5.41, 5.74) is 1.30. The molecule has 11 heteroatoms. The van der Waals surface area contributed by atoms with Crippen LogP contribution >= 0.6 is 23.1 Å². The van der Waals surface area contributed by atoms with Crippen molar-refractivity contribution >= 4 is 46.7 Å². The first kappa shape index (κ1) is 20.9. The molecule has 0 saturated carbocycles. The molecule has 0 saturated heterocycles. The van der Waals surface area contributed by atoms with Crippen LogP contribution in [0.25, 0.3) is 5.78 Å². The van der Waals surface area contributed by atoms with Gasteiger partial charge in [0.05, 0.1) is 11.8 Å². The molecule has 0 aliphatic carbocycles. The molecule has 4 rings (SSSR count). The second-order valence-corrected chi connectivity index (χ2v) is 8.84. The standard InChI is InChI=1S/C19H26N8OS2/c1-4-13-12-8-10-29-14(12)7-9-26(13)15(28)11-30-19-25-24-18-23-16(20-5-2)22-17(21-6-3)27(18)19/h8,10,13H,4-7,9,11H2,1-3H3,(H2,20,21,22,23,24). The monoisotopic (exact) mass is 446 g/mol. The number of amides is 1. The molecule has 1 amide bonds. The molecule has 1 unspecified atom stereocenters. The number of nitrogens with zero attached hydrogens (tertiary/aromatic N) is 6. The van der Waals surface area contributed by atoms with Crippen LogP contribution in [-0.4, -0.2) is 60.8 Å². The van der Waals surface area contributed by atoms with Crippen LogP contribution in [0.5, 0.6) is 0 Å². The molecule has 2 N–H and O–H groups in total. The van der Waals surface area contributed by atoms with Gasteiger partial charge in [0, 0.05) is 24.5 Å². The first-order valence-electron chi connectivity index (χ1n) is 10.3. The van der Waals surface area contributed by atoms with Gasteiger partial charge in [0.25, 0.3) is 5.78 Å². The summed E-state index contributed by atoms with van der Waals surface area (Å²) in [6.45, 7) is 8.31. The van der Waals surface area contributed by atoms with Crippen LogP contribution in [0.1, 0.15) is 43.7 Å². The molecule has 160 valence electrons. The first-order chi connectivity index (χ1) is 14.7. The van der Waals surface area contributed by atoms with Crippen molar-refractivity contribution in [3.63, 3.8) is 0 Å². The zero-order chi connectivity index (χ0) is 21.1. The number of carbonyl (C=O) groups is 1. The number of anilines is 2. The Hall–Kier alpha value is -2.40. The van der Waals surface area contributed by atoms with Crippen molar-refractivity contribution in [2.75, 3.05) is 36.0 Å². The Morgan fingerprint density at radius 3 is 2.83 bits per heavy atom. The highest BCUT2D eigenvalue weighted by molar-refractivity contribution is 7.99. The molecule has 3 aromatic rings. The van der Waals surface area contributed by atoms with Gasteiger partial charge in [-0.3, -0.25) is 4.79 Å². The third-order valence-electron chi connectivity index (χ3n) is 5.04. The molecular formula is C19H26N8OS2. The zero-order valence-corrected chi connectivity index (χ0v) is 19.0. The van der Waals surface area contributed by atoms with E-state index in [2.05, 4.69) is 49.2 Å². The quantitative estimate of drug-likeness (QED) is 0.509. The highest BCUT2D eigenvalue weighted by Gasteiger charge is 2.30. The molecule has 1 aliphatic rings. The normalized spacial score (nSPS) is 16.0. The number of carbonyl (C=O) groups excluding carboxylic acids is 1. The lowest BCUT2D eigenvalue weighted by molar-refractivity contribution is -0.131. The summed E-state index contributed by atoms with van der Waals surface area (Å²) >= 11 is 3.16. The Morgan fingerprint density at radius 2 is 2.07 bits per heavy atom. The minimum Gasteiger partial charge on any atom is -0.355 e. The van der Waals surface area contributed by atoms with Crippen LogP contribution in [-0.2, 0) is 11.2 Å². The lowest BCUT2D eigenvalue weighted by Crippen LogP contribution is -2.40. The second-order valence-electron chi connectivity index (χ2n) is 6.90. The third-order valence-corrected chi connectivity index (χ3v) is 6.95. The van der Waals surface area contributed by atoms with E-state index in [-0.39, 0.29) is 11.9 Å². The van der Waals surface area contributed by atoms with Gasteiger partial charge >= 0.3 is 0 Å². The summed E-state index contributed by atoms with van der Waals surface area (Å²) in [7, 11) is 0. The summed E-state index contributed by atoms with van der Waals surface area (Å²) in [4.78, 5) is 25.4. The van der Waals surface area contributed by atoms with Crippen molar-refractivity contribution in [3.05, 3.63) is 21.9 Å². The Kier molecular flexibility index (Phi) is 6.38. The van der Waals surface area contributed by atoms with Crippen LogP contribution in [0, 0.1) is 0 Å². The van der Waals surface area contributed by atoms with Gasteiger partial charge < -0.3 is 15.5 Å². The van der Waals surface area contributed by atoms with E-state index in [0.717, 1.165) is 19.4 Å². The van der Waals surface area contributed by atoms with Gasteiger partial charge in [0.1, 0.15) is 0 Å². The summed E-state index contributed by atoms with van der Waals surface area (Å²) in [6, 6.07) is 2.32. The average Bonchev–Trinajstić information content (AvgIpc) is 3.38. The van der Waals surface area contributed by atoms with Gasteiger partial charge in [0.15, 0.2) is 5.16 Å². The van der Waals surface area contributed by atoms with Gasteiger partial charge in [-0.2, -0.15) is 9.97 Å². The highest BCUT2D eigenvalue weighted by atomic mass is 32.2. The minimum atomic E-state index is 0.121. The number of thioether (sulfide) groups is 1. The first-order valence-corrected chi connectivity index (χ1v) is 12.1. The van der Waals surface area contributed by atoms with Crippen molar-refractivity contribution in [1.82, 2.24) is 29.5 Å². The molecule has 1 atom stereocenters. The van der Waals surface area contributed by atoms with Crippen molar-refractivity contribution in [3.8, 4) is 0 Å². The molecule has 0 radical (unpaired) electrons. The maximum Gasteiger partial charge on any atom is 0.261 e. The third kappa shape index (κ3) is 3.95. The maximum atomic E-state index is 13.1. The van der Waals surface area contributed by atoms with Crippen LogP contribution in [0.4, 0.5) is 11.9 Å². The van der Waals surface area contributed by atoms with E-state index < -0.39 is 0 Å². The fraction of sp³-hybridized carbons (Fsp3) is 0.526. The fourth-order valence-electron chi connectivity index (χ4n) is 3.74. The van der Waals surface area contributed by atoms with Crippen molar-refractivity contribution in [1.29, 1.82) is 0 Å². The van der Waals surface area contributed by atoms with Gasteiger partial charge in [-0.25, -0.2) is 4.40 Å². The number of rotatable bonds is 8. The van der Waals surface area contributed by atoms with E-state index in [9.17, 15) is 4.79 Å². The summed E-state index contributed by atoms with van der Waals surface area (Å²) < 4.78 is 1.77. The number of hydrogen-bond acceptors (Lipinski definition) is 9. The van der Waals surface area contributed by atoms with Crippen LogP contribution < -0.4 is 10.6 Å². The van der Waals surface area contributed by atoms with E-state index in [1.807, 2.05) is 18.7 Å². The lowest BCUT2D eigenvalue weighted by Gasteiger charge is -2.35. The molecule has 3 aromatic heterocycles. The number of hydrogen-bond donors (Lipinski definition) is 2. The van der Waals surface area contributed by atoms with E-state index in [1.165, 1.54) is 22.2 Å². The van der Waals surface area contributed by atoms with Crippen LogP contribution in [0.15, 0.2) is 16.6 Å². The number of nitrogens with one attached hydrogen (secondary N) is 2. The van der Waals surface area contributed by atoms with E-state index in [1.54, 1.807) is 15.7 Å². The van der Waals surface area contributed by atoms with Crippen molar-refractivity contribution in [2.24, 2.45) is 0 Å². The summed E-state index contributed by atoms with van der Waals surface area (Å²) in [6.07, 6.45) is 1.85. The molecule has 0 fully saturated rings. The second kappa shape index (κ2) is 9.17. The number of aromatic nitrogens is 5. The maximum absolute atomic E-state index is 13.1. The summed E-state index contributed by atoms with van der Waals surface area (Å²) in [5, 5.41) is 17.5. The topological polar surface area (TPSA) is 100 Å². The molecule has 0 aromatic carbocycles. The Balaban J connectivity index is 1.53. The largest absolute Gasteiger partial charge is 0.355 e. The predicted octanol–water partition coefficient (Wildman–Crippen LogP) is 3.07. The SMILES string of the molecule is CCNc1nc(NCC)n2c(SCC(=O)N3CCc4sccc4C3CC)nnc2n1. The number of fused-ring (bicyclic) bond motifs is 2. The van der Waals surface area contributed by atoms with E-state index in [4.69, 9.17) is 0 Å². The Labute approximate surface area is 183 Å². The Morgan fingerprint density at radius 1 is 1.23 bits per heavy atom. The zero-order valence-electron chi connectivity index (χ0n) is 17.4. The molecule has 0 spiro atoms. The van der Waals surface area contributed by atoms with Gasteiger partial charge in [-0.15, -0.1) is 21.5 Å². The molecule has 1 aliphatic heterocycles. The number of thiophene rings is 1. The fourth-order valence-corrected chi connectivity index (χ4v) is 5.48. The average molecular weight is 447 g/mol. The van der Waals surface area contributed by atoms with Crippen LogP contribution in [0.2, 0.25) is 0 Å². The van der Waals surface area contributed by atoms with Gasteiger partial charge in [-0.05, 0) is 43.7 Å². The molecule has 0 bridgehead atoms. The van der Waals surface area contributed by atoms with Gasteiger partial charge in [0.2, 0.25) is 17.8 Å². The van der Waals surface area contributed by atoms with Crippen molar-refractivity contribution < 1.29 is 4.79 Å². The predicted molar refractivity (Wildman–Crippen MR) is 120 cm³/mol. The lowest BCUT2D eigenvalue weighted by atomic mass is 9.98. The molecule has 30 heavy (non-hydrogen) atoms. The minimum absolute atomic E-state index is 0.121. The summed E-state index contributed by atoms with van der Waals surface area (Å²) in [5.74, 6) is 2.00. The van der Waals surface area contributed by atoms with Gasteiger partial charge in [-0.1, -0.05) is 18.7 Å². The molecule has 4 heterocycles. The molecule has 9 nitrogen and oxygen atoms in total.